The summed E-state index contributed by atoms with van der Waals surface area (Å²) in [7, 11) is 0.878. The van der Waals surface area contributed by atoms with E-state index >= 15 is 0 Å². The van der Waals surface area contributed by atoms with E-state index in [2.05, 4.69) is 0 Å². The third-order valence-corrected chi connectivity index (χ3v) is 6.24. The Labute approximate surface area is 122 Å². The molecule has 0 aromatic heterocycles. The van der Waals surface area contributed by atoms with Crippen LogP contribution in [0, 0.1) is 5.92 Å². The summed E-state index contributed by atoms with van der Waals surface area (Å²) in [6, 6.07) is 0. The Bertz CT molecular complexity index is 357. The van der Waals surface area contributed by atoms with Gasteiger partial charge in [-0.15, -0.1) is 0 Å². The summed E-state index contributed by atoms with van der Waals surface area (Å²) in [6.07, 6.45) is 6.15. The molecule has 1 aliphatic carbocycles. The van der Waals surface area contributed by atoms with E-state index in [4.69, 9.17) is 0 Å². The monoisotopic (exact) mass is 308 g/mol. The third kappa shape index (κ3) is 4.05. The SMILES string of the molecule is CCCC(O)(C1CCCCC1)C([N+](C)(C)C)P(=O)(O)O. The molecular formula is C14H31NO4P+. The molecule has 5 nitrogen and oxygen atoms in total. The Morgan fingerprint density at radius 1 is 1.20 bits per heavy atom. The van der Waals surface area contributed by atoms with Crippen LogP contribution >= 0.6 is 7.60 Å². The maximum absolute atomic E-state index is 12.1. The highest BCUT2D eigenvalue weighted by Gasteiger charge is 2.58. The van der Waals surface area contributed by atoms with Crippen LogP contribution in [-0.2, 0) is 4.57 Å². The zero-order chi connectivity index (χ0) is 15.6. The van der Waals surface area contributed by atoms with Crippen molar-refractivity contribution in [2.45, 2.75) is 63.3 Å². The lowest BCUT2D eigenvalue weighted by atomic mass is 9.74. The van der Waals surface area contributed by atoms with Crippen LogP contribution in [0.5, 0.6) is 0 Å². The Balaban J connectivity index is 3.22. The molecule has 1 aliphatic rings. The van der Waals surface area contributed by atoms with Crippen LogP contribution in [0.2, 0.25) is 0 Å². The van der Waals surface area contributed by atoms with E-state index in [1.165, 1.54) is 0 Å². The minimum atomic E-state index is -4.39. The molecule has 0 aliphatic heterocycles. The van der Waals surface area contributed by atoms with Crippen LogP contribution in [-0.4, -0.2) is 51.9 Å². The van der Waals surface area contributed by atoms with E-state index in [0.29, 0.717) is 6.42 Å². The summed E-state index contributed by atoms with van der Waals surface area (Å²) >= 11 is 0. The van der Waals surface area contributed by atoms with Gasteiger partial charge in [0.15, 0.2) is 0 Å². The molecule has 3 N–H and O–H groups in total. The van der Waals surface area contributed by atoms with E-state index < -0.39 is 19.0 Å². The van der Waals surface area contributed by atoms with Gasteiger partial charge in [0.25, 0.3) is 0 Å². The fourth-order valence-electron chi connectivity index (χ4n) is 3.96. The van der Waals surface area contributed by atoms with Gasteiger partial charge >= 0.3 is 7.60 Å². The number of likely N-dealkylation sites (N-methyl/N-ethyl adjacent to an activating group) is 1. The molecule has 2 atom stereocenters. The molecule has 0 bridgehead atoms. The largest absolute Gasteiger partial charge is 0.385 e. The molecular weight excluding hydrogens is 277 g/mol. The second-order valence-electron chi connectivity index (χ2n) is 7.16. The van der Waals surface area contributed by atoms with Gasteiger partial charge in [-0.3, -0.25) is 4.57 Å². The van der Waals surface area contributed by atoms with Crippen LogP contribution in [0.15, 0.2) is 0 Å². The molecule has 0 saturated heterocycles. The lowest BCUT2D eigenvalue weighted by Gasteiger charge is -2.48. The third-order valence-electron chi connectivity index (χ3n) is 4.46. The van der Waals surface area contributed by atoms with Crippen LogP contribution in [0.25, 0.3) is 0 Å². The van der Waals surface area contributed by atoms with Gasteiger partial charge in [0.1, 0.15) is 5.60 Å². The molecule has 0 aromatic rings. The van der Waals surface area contributed by atoms with E-state index in [1.807, 2.05) is 6.92 Å². The fourth-order valence-corrected chi connectivity index (χ4v) is 5.79. The first-order chi connectivity index (χ1) is 9.03. The van der Waals surface area contributed by atoms with Crippen molar-refractivity contribution in [3.8, 4) is 0 Å². The smallest absolute Gasteiger partial charge is 0.383 e. The van der Waals surface area contributed by atoms with Gasteiger partial charge in [0.05, 0.1) is 21.1 Å². The summed E-state index contributed by atoms with van der Waals surface area (Å²) in [5.74, 6) is -1.07. The molecule has 1 rings (SSSR count). The number of rotatable bonds is 6. The van der Waals surface area contributed by atoms with Gasteiger partial charge in [0.2, 0.25) is 5.78 Å². The predicted molar refractivity (Wildman–Crippen MR) is 80.3 cm³/mol. The van der Waals surface area contributed by atoms with Crippen molar-refractivity contribution in [2.75, 3.05) is 21.1 Å². The first-order valence-electron chi connectivity index (χ1n) is 7.62. The number of quaternary nitrogens is 1. The normalized spacial score (nSPS) is 23.4. The molecule has 6 heteroatoms. The quantitative estimate of drug-likeness (QED) is 0.520. The highest BCUT2D eigenvalue weighted by molar-refractivity contribution is 7.52. The van der Waals surface area contributed by atoms with Gasteiger partial charge in [0, 0.05) is 0 Å². The van der Waals surface area contributed by atoms with Gasteiger partial charge in [-0.2, -0.15) is 0 Å². The molecule has 0 amide bonds. The zero-order valence-electron chi connectivity index (χ0n) is 13.2. The topological polar surface area (TPSA) is 77.8 Å². The molecule has 0 heterocycles. The number of aliphatic hydroxyl groups is 1. The zero-order valence-corrected chi connectivity index (χ0v) is 14.1. The summed E-state index contributed by atoms with van der Waals surface area (Å²) in [5, 5.41) is 11.3. The molecule has 2 unspecified atom stereocenters. The van der Waals surface area contributed by atoms with Crippen molar-refractivity contribution in [3.05, 3.63) is 0 Å². The first kappa shape index (κ1) is 18.1. The Morgan fingerprint density at radius 2 is 1.70 bits per heavy atom. The van der Waals surface area contributed by atoms with Crippen molar-refractivity contribution in [2.24, 2.45) is 5.92 Å². The van der Waals surface area contributed by atoms with Gasteiger partial charge in [-0.25, -0.2) is 0 Å². The minimum Gasteiger partial charge on any atom is -0.383 e. The Hall–Kier alpha value is 0.0700. The van der Waals surface area contributed by atoms with E-state index in [-0.39, 0.29) is 10.4 Å². The molecule has 1 fully saturated rings. The predicted octanol–water partition coefficient (Wildman–Crippen LogP) is 2.31. The van der Waals surface area contributed by atoms with Crippen LogP contribution in [0.3, 0.4) is 0 Å². The summed E-state index contributed by atoms with van der Waals surface area (Å²) in [5.41, 5.74) is -1.29. The van der Waals surface area contributed by atoms with Crippen LogP contribution < -0.4 is 0 Å². The lowest BCUT2D eigenvalue weighted by Crippen LogP contribution is -2.61. The number of nitrogens with zero attached hydrogens (tertiary/aromatic N) is 1. The number of hydrogen-bond donors (Lipinski definition) is 3. The van der Waals surface area contributed by atoms with Gasteiger partial charge < -0.3 is 19.4 Å². The lowest BCUT2D eigenvalue weighted by molar-refractivity contribution is -0.891. The second kappa shape index (κ2) is 6.45. The summed E-state index contributed by atoms with van der Waals surface area (Å²) in [6.45, 7) is 1.96. The highest BCUT2D eigenvalue weighted by atomic mass is 31.2. The van der Waals surface area contributed by atoms with Crippen LogP contribution in [0.1, 0.15) is 51.9 Å². The Kier molecular flexibility index (Phi) is 5.84. The van der Waals surface area contributed by atoms with Gasteiger partial charge in [-0.05, 0) is 25.2 Å². The molecule has 120 valence electrons. The maximum Gasteiger partial charge on any atom is 0.385 e. The van der Waals surface area contributed by atoms with Crippen molar-refractivity contribution < 1.29 is 23.9 Å². The highest BCUT2D eigenvalue weighted by Crippen LogP contribution is 2.54. The van der Waals surface area contributed by atoms with Crippen molar-refractivity contribution in [1.29, 1.82) is 0 Å². The fraction of sp³-hybridized carbons (Fsp3) is 1.00. The van der Waals surface area contributed by atoms with E-state index in [9.17, 15) is 19.5 Å². The molecule has 0 radical (unpaired) electrons. The average Bonchev–Trinajstić information content (AvgIpc) is 2.26. The van der Waals surface area contributed by atoms with Crippen molar-refractivity contribution in [3.63, 3.8) is 0 Å². The maximum atomic E-state index is 12.1. The molecule has 1 saturated carbocycles. The van der Waals surface area contributed by atoms with E-state index in [0.717, 1.165) is 38.5 Å². The summed E-state index contributed by atoms with van der Waals surface area (Å²) in [4.78, 5) is 19.7. The average molecular weight is 308 g/mol. The first-order valence-corrected chi connectivity index (χ1v) is 9.30. The molecule has 0 aromatic carbocycles. The van der Waals surface area contributed by atoms with Crippen molar-refractivity contribution in [1.82, 2.24) is 0 Å². The van der Waals surface area contributed by atoms with Gasteiger partial charge in [-0.1, -0.05) is 32.6 Å². The minimum absolute atomic E-state index is 0.00817. The van der Waals surface area contributed by atoms with Crippen molar-refractivity contribution >= 4 is 7.60 Å². The molecule has 0 spiro atoms. The Morgan fingerprint density at radius 3 is 2.05 bits per heavy atom. The number of hydrogen-bond acceptors (Lipinski definition) is 2. The molecule has 20 heavy (non-hydrogen) atoms. The second-order valence-corrected chi connectivity index (χ2v) is 8.82. The summed E-state index contributed by atoms with van der Waals surface area (Å²) < 4.78 is 12.1. The van der Waals surface area contributed by atoms with Crippen LogP contribution in [0.4, 0.5) is 0 Å². The van der Waals surface area contributed by atoms with E-state index in [1.54, 1.807) is 21.1 Å². The standard InChI is InChI=1S/C14H30NO4P/c1-5-11-14(16,12-9-7-6-8-10-12)13(15(2,3)4)20(17,18)19/h12-13,16H,5-11H2,1-4H3,(H-,17,18,19)/p+1.